The molecule has 1 heterocycles. The fourth-order valence-electron chi connectivity index (χ4n) is 4.83. The van der Waals surface area contributed by atoms with Gasteiger partial charge in [0.2, 0.25) is 0 Å². The molecular formula is C19H27NO. The maximum absolute atomic E-state index is 9.93. The number of likely N-dealkylation sites (tertiary alicyclic amines) is 1. The Morgan fingerprint density at radius 1 is 1.33 bits per heavy atom. The van der Waals surface area contributed by atoms with E-state index in [1.807, 2.05) is 12.1 Å². The average molecular weight is 285 g/mol. The monoisotopic (exact) mass is 285 g/mol. The molecular weight excluding hydrogens is 258 g/mol. The highest BCUT2D eigenvalue weighted by molar-refractivity contribution is 5.43. The molecule has 0 spiro atoms. The number of aromatic hydroxyl groups is 1. The topological polar surface area (TPSA) is 23.5 Å². The van der Waals surface area contributed by atoms with E-state index in [1.54, 1.807) is 0 Å². The largest absolute Gasteiger partial charge is 0.508 e. The summed E-state index contributed by atoms with van der Waals surface area (Å²) in [7, 11) is 0. The van der Waals surface area contributed by atoms with Crippen molar-refractivity contribution in [3.8, 4) is 5.75 Å². The predicted molar refractivity (Wildman–Crippen MR) is 85.6 cm³/mol. The lowest BCUT2D eigenvalue weighted by Crippen LogP contribution is -2.50. The zero-order chi connectivity index (χ0) is 14.6. The van der Waals surface area contributed by atoms with Gasteiger partial charge in [0.1, 0.15) is 5.75 Å². The van der Waals surface area contributed by atoms with E-state index in [1.165, 1.54) is 56.3 Å². The Kier molecular flexibility index (Phi) is 3.08. The van der Waals surface area contributed by atoms with E-state index in [0.29, 0.717) is 17.7 Å². The van der Waals surface area contributed by atoms with Crippen LogP contribution in [0, 0.1) is 11.8 Å². The molecule has 2 nitrogen and oxygen atoms in total. The molecule has 2 aliphatic carbocycles. The first-order valence-electron chi connectivity index (χ1n) is 8.64. The van der Waals surface area contributed by atoms with Crippen LogP contribution >= 0.6 is 0 Å². The van der Waals surface area contributed by atoms with Crippen LogP contribution in [0.3, 0.4) is 0 Å². The van der Waals surface area contributed by atoms with E-state index in [2.05, 4.69) is 24.8 Å². The van der Waals surface area contributed by atoms with E-state index >= 15 is 0 Å². The first-order valence-corrected chi connectivity index (χ1v) is 8.64. The van der Waals surface area contributed by atoms with Crippen molar-refractivity contribution in [1.29, 1.82) is 0 Å². The van der Waals surface area contributed by atoms with Crippen molar-refractivity contribution in [3.05, 3.63) is 29.3 Å². The molecule has 114 valence electrons. The number of hydrogen-bond donors (Lipinski definition) is 1. The predicted octanol–water partition coefficient (Wildman–Crippen LogP) is 3.72. The number of rotatable bonds is 2. The van der Waals surface area contributed by atoms with Crippen molar-refractivity contribution < 1.29 is 5.11 Å². The van der Waals surface area contributed by atoms with Crippen molar-refractivity contribution in [2.24, 2.45) is 11.8 Å². The van der Waals surface area contributed by atoms with Crippen molar-refractivity contribution in [3.63, 3.8) is 0 Å². The van der Waals surface area contributed by atoms with Crippen LogP contribution < -0.4 is 0 Å². The van der Waals surface area contributed by atoms with E-state index < -0.39 is 0 Å². The number of fused-ring (bicyclic) bond motifs is 4. The Balaban J connectivity index is 1.74. The smallest absolute Gasteiger partial charge is 0.115 e. The van der Waals surface area contributed by atoms with Crippen LogP contribution in [0.1, 0.15) is 50.7 Å². The molecule has 21 heavy (non-hydrogen) atoms. The summed E-state index contributed by atoms with van der Waals surface area (Å²) < 4.78 is 0. The van der Waals surface area contributed by atoms with Gasteiger partial charge in [-0.25, -0.2) is 0 Å². The van der Waals surface area contributed by atoms with Crippen molar-refractivity contribution >= 4 is 0 Å². The van der Waals surface area contributed by atoms with E-state index in [-0.39, 0.29) is 5.41 Å². The molecule has 0 radical (unpaired) electrons. The third kappa shape index (κ3) is 2.19. The van der Waals surface area contributed by atoms with E-state index in [9.17, 15) is 5.11 Å². The maximum Gasteiger partial charge on any atom is 0.115 e. The molecule has 1 saturated heterocycles. The van der Waals surface area contributed by atoms with Crippen LogP contribution in [0.25, 0.3) is 0 Å². The minimum atomic E-state index is 0.231. The number of benzene rings is 1. The van der Waals surface area contributed by atoms with Crippen LogP contribution in [0.4, 0.5) is 0 Å². The number of hydrogen-bond acceptors (Lipinski definition) is 2. The zero-order valence-electron chi connectivity index (χ0n) is 13.3. The molecule has 3 atom stereocenters. The first-order chi connectivity index (χ1) is 10.1. The van der Waals surface area contributed by atoms with Gasteiger partial charge >= 0.3 is 0 Å². The molecule has 2 bridgehead atoms. The second kappa shape index (κ2) is 4.74. The van der Waals surface area contributed by atoms with Gasteiger partial charge in [0.05, 0.1) is 0 Å². The molecule has 1 saturated carbocycles. The minimum absolute atomic E-state index is 0.231. The molecule has 1 aromatic rings. The summed E-state index contributed by atoms with van der Waals surface area (Å²) in [5.74, 6) is 2.08. The average Bonchev–Trinajstić information content (AvgIpc) is 3.26. The first kappa shape index (κ1) is 13.6. The number of phenols is 1. The number of phenolic OH excluding ortho intramolecular Hbond substituents is 1. The number of nitrogens with zero attached hydrogens (tertiary/aromatic N) is 1. The van der Waals surface area contributed by atoms with Gasteiger partial charge in [-0.15, -0.1) is 0 Å². The molecule has 1 aromatic carbocycles. The highest BCUT2D eigenvalue weighted by Crippen LogP contribution is 2.49. The molecule has 2 heteroatoms. The summed E-state index contributed by atoms with van der Waals surface area (Å²) >= 11 is 0. The van der Waals surface area contributed by atoms with E-state index in [0.717, 1.165) is 5.92 Å². The van der Waals surface area contributed by atoms with Gasteiger partial charge in [0.15, 0.2) is 0 Å². The van der Waals surface area contributed by atoms with Crippen LogP contribution in [-0.4, -0.2) is 29.1 Å². The summed E-state index contributed by atoms with van der Waals surface area (Å²) in [6.07, 6.45) is 6.60. The van der Waals surface area contributed by atoms with Gasteiger partial charge in [0.25, 0.3) is 0 Å². The molecule has 3 aliphatic rings. The highest BCUT2D eigenvalue weighted by Gasteiger charge is 2.47. The Bertz CT molecular complexity index is 550. The molecule has 2 fully saturated rings. The van der Waals surface area contributed by atoms with Gasteiger partial charge in [-0.3, -0.25) is 4.90 Å². The molecule has 0 unspecified atom stereocenters. The fraction of sp³-hybridized carbons (Fsp3) is 0.684. The van der Waals surface area contributed by atoms with Crippen molar-refractivity contribution in [1.82, 2.24) is 4.90 Å². The summed E-state index contributed by atoms with van der Waals surface area (Å²) in [6.45, 7) is 7.46. The summed E-state index contributed by atoms with van der Waals surface area (Å²) in [5.41, 5.74) is 3.12. The third-order valence-electron chi connectivity index (χ3n) is 6.52. The zero-order valence-corrected chi connectivity index (χ0v) is 13.3. The van der Waals surface area contributed by atoms with Crippen LogP contribution in [0.15, 0.2) is 18.2 Å². The Morgan fingerprint density at radius 3 is 2.90 bits per heavy atom. The Hall–Kier alpha value is -1.02. The second-order valence-electron chi connectivity index (χ2n) is 7.86. The Morgan fingerprint density at radius 2 is 2.14 bits per heavy atom. The van der Waals surface area contributed by atoms with Gasteiger partial charge in [-0.05, 0) is 79.2 Å². The highest BCUT2D eigenvalue weighted by atomic mass is 16.3. The maximum atomic E-state index is 9.93. The summed E-state index contributed by atoms with van der Waals surface area (Å²) in [5, 5.41) is 9.93. The molecule has 0 amide bonds. The Labute approximate surface area is 128 Å². The summed E-state index contributed by atoms with van der Waals surface area (Å²) in [4.78, 5) is 2.80. The minimum Gasteiger partial charge on any atom is -0.508 e. The van der Waals surface area contributed by atoms with Gasteiger partial charge in [-0.1, -0.05) is 19.9 Å². The van der Waals surface area contributed by atoms with E-state index in [4.69, 9.17) is 0 Å². The van der Waals surface area contributed by atoms with Crippen LogP contribution in [0.2, 0.25) is 0 Å². The molecule has 4 rings (SSSR count). The van der Waals surface area contributed by atoms with Crippen LogP contribution in [0.5, 0.6) is 5.75 Å². The van der Waals surface area contributed by atoms with Crippen molar-refractivity contribution in [2.75, 3.05) is 13.1 Å². The lowest BCUT2D eigenvalue weighted by atomic mass is 9.61. The fourth-order valence-corrected chi connectivity index (χ4v) is 4.83. The van der Waals surface area contributed by atoms with Gasteiger partial charge in [0, 0.05) is 12.6 Å². The lowest BCUT2D eigenvalue weighted by molar-refractivity contribution is 0.115. The normalized spacial score (nSPS) is 36.1. The molecule has 0 aromatic heterocycles. The van der Waals surface area contributed by atoms with Gasteiger partial charge in [-0.2, -0.15) is 0 Å². The third-order valence-corrected chi connectivity index (χ3v) is 6.52. The standard InChI is InChI=1S/C19H27NO/c1-13-18-10-15-6-7-16(21)11-17(15)19(13,2)8-3-9-20(18)12-14-4-5-14/h6-7,11,13-14,18,21H,3-5,8-10,12H2,1-2H3/t13-,18-,19-/m1/s1. The van der Waals surface area contributed by atoms with Gasteiger partial charge < -0.3 is 5.11 Å². The van der Waals surface area contributed by atoms with Crippen molar-refractivity contribution in [2.45, 2.75) is 57.4 Å². The van der Waals surface area contributed by atoms with Crippen LogP contribution in [-0.2, 0) is 11.8 Å². The molecule has 1 aliphatic heterocycles. The quantitative estimate of drug-likeness (QED) is 0.895. The lowest BCUT2D eigenvalue weighted by Gasteiger charge is -2.47. The SMILES string of the molecule is C[C@@H]1[C@H]2Cc3ccc(O)cc3[C@]1(C)CCCN2CC1CC1. The second-order valence-corrected chi connectivity index (χ2v) is 7.86. The summed E-state index contributed by atoms with van der Waals surface area (Å²) in [6, 6.07) is 6.77. The molecule has 1 N–H and O–H groups in total.